The van der Waals surface area contributed by atoms with Gasteiger partial charge in [-0.25, -0.2) is 29.4 Å². The Hall–Kier alpha value is -13.1. The molecule has 0 aliphatic carbocycles. The summed E-state index contributed by atoms with van der Waals surface area (Å²) in [6.45, 7) is 12.2. The molecule has 548 valence electrons. The molecule has 31 nitrogen and oxygen atoms in total. The molecular weight excluding hydrogens is 1380 g/mol. The summed E-state index contributed by atoms with van der Waals surface area (Å²) < 4.78 is 10.7. The van der Waals surface area contributed by atoms with E-state index >= 15 is 0 Å². The molecule has 7 aromatic heterocycles. The Bertz CT molecular complexity index is 5300. The number of H-pyrrole nitrogens is 2. The van der Waals surface area contributed by atoms with Crippen LogP contribution in [0.1, 0.15) is 119 Å². The molecule has 11 aromatic rings. The third kappa shape index (κ3) is 19.2. The van der Waals surface area contributed by atoms with E-state index in [4.69, 9.17) is 33.9 Å². The molecule has 0 bridgehead atoms. The summed E-state index contributed by atoms with van der Waals surface area (Å²) in [6.07, 6.45) is 19.1. The van der Waals surface area contributed by atoms with E-state index in [-0.39, 0.29) is 52.1 Å². The zero-order chi connectivity index (χ0) is 75.4. The molecule has 14 rings (SSSR count). The van der Waals surface area contributed by atoms with Crippen molar-refractivity contribution in [3.63, 3.8) is 0 Å². The van der Waals surface area contributed by atoms with Gasteiger partial charge >= 0.3 is 17.3 Å². The molecule has 4 aromatic carbocycles. The van der Waals surface area contributed by atoms with Crippen molar-refractivity contribution < 1.29 is 19.5 Å². The number of rotatable bonds is 21. The number of carbonyl (C=O) groups is 3. The Labute approximate surface area is 611 Å². The van der Waals surface area contributed by atoms with Crippen LogP contribution in [0.4, 0.5) is 28.8 Å². The lowest BCUT2D eigenvalue weighted by Crippen LogP contribution is -2.49. The normalized spacial score (nSPS) is 13.2. The van der Waals surface area contributed by atoms with Crippen LogP contribution in [-0.4, -0.2) is 119 Å². The van der Waals surface area contributed by atoms with E-state index in [9.17, 15) is 38.4 Å². The lowest BCUT2D eigenvalue weighted by Gasteiger charge is -2.32. The molecule has 3 aliphatic heterocycles. The number of aliphatic imine (C=N–C) groups is 2. The van der Waals surface area contributed by atoms with Crippen LogP contribution >= 0.6 is 11.6 Å². The number of hydrogen-bond donors (Lipinski definition) is 8. The van der Waals surface area contributed by atoms with E-state index in [2.05, 4.69) is 80.2 Å². The maximum absolute atomic E-state index is 12.7. The summed E-state index contributed by atoms with van der Waals surface area (Å²) in [5, 5.41) is 31.3. The number of nitrogens with two attached hydrogens (primary N) is 3. The molecule has 106 heavy (non-hydrogen) atoms. The minimum atomic E-state index is -0.950. The third-order valence-corrected chi connectivity index (χ3v) is 17.0. The highest BCUT2D eigenvalue weighted by Gasteiger charge is 2.36. The molecule has 0 radical (unpaired) electrons. The van der Waals surface area contributed by atoms with Gasteiger partial charge in [0, 0.05) is 74.9 Å². The number of carboxylic acid groups (broad SMARTS) is 1. The largest absolute Gasteiger partial charge is 0.478 e. The second-order valence-corrected chi connectivity index (χ2v) is 25.0. The number of anilines is 4. The number of aromatic amines is 2. The van der Waals surface area contributed by atoms with E-state index in [1.807, 2.05) is 147 Å². The van der Waals surface area contributed by atoms with Crippen molar-refractivity contribution in [2.75, 3.05) is 29.1 Å². The number of alkyl halides is 1. The van der Waals surface area contributed by atoms with Crippen LogP contribution in [0, 0.1) is 0 Å². The molecule has 32 heteroatoms. The standard InChI is InChI=1S/C19H20ClN5O.C19H19N5O.C18H20N6O3.C11H10N2O2.C7H12N4O2/c1-2-8-25-18(26)15-9-16(22-17(15)23-19(25)20)14-10-21-24(12-14)11-13-6-4-3-5-7-13;1-2-8-23-13-20-18-16(19(23)25)9-17(22-18)15-10-21-24(12-15)11-14-6-4-3-5-7-14;1-2-8-24-17(26)14(15(19)22-18(24)27)21-16(25)13-9-20-23(11-13)10-12-6-4-3-5-7-12;14-11(15)10-6-12-13(8-10)7-9-4-2-1-3-5-9;1-2-3-11-6(12)4(8)5(9)10-7(11)13/h3-7,10,12,19,23H,2,8-9,11H2,1H3;3-7,10,12-13H,2,8-9,11H2,1H3;3-7,9,11H,2,8,10,19H2,1H3,(H,21,25)(H,22,27);1-6,8H,7H2,(H,14,15);2-3,8-9H2,1H3,(H,10,13). The number of aromatic carboxylic acids is 1. The van der Waals surface area contributed by atoms with Gasteiger partial charge in [-0.05, 0) is 47.9 Å². The highest BCUT2D eigenvalue weighted by atomic mass is 35.5. The summed E-state index contributed by atoms with van der Waals surface area (Å²) in [4.78, 5) is 115. The van der Waals surface area contributed by atoms with E-state index in [0.717, 1.165) is 55.7 Å². The third-order valence-electron chi connectivity index (χ3n) is 16.6. The van der Waals surface area contributed by atoms with Crippen LogP contribution in [0.5, 0.6) is 0 Å². The van der Waals surface area contributed by atoms with Gasteiger partial charge < -0.3 is 37.8 Å². The van der Waals surface area contributed by atoms with Crippen LogP contribution < -0.4 is 55.9 Å². The van der Waals surface area contributed by atoms with Gasteiger partial charge in [0.2, 0.25) is 0 Å². The Morgan fingerprint density at radius 3 is 1.46 bits per heavy atom. The van der Waals surface area contributed by atoms with Gasteiger partial charge in [-0.3, -0.25) is 66.4 Å². The molecule has 3 aliphatic rings. The van der Waals surface area contributed by atoms with Gasteiger partial charge in [-0.15, -0.1) is 0 Å². The van der Waals surface area contributed by atoms with E-state index < -0.39 is 40.0 Å². The quantitative estimate of drug-likeness (QED) is 0.0264. The number of nitrogens with one attached hydrogen (secondary N) is 4. The number of nitrogens with zero attached hydrogens (tertiary/aromatic N) is 15. The smallest absolute Gasteiger partial charge is 0.338 e. The molecule has 0 fully saturated rings. The number of aryl methyl sites for hydroxylation is 1. The summed E-state index contributed by atoms with van der Waals surface area (Å²) >= 11 is 6.29. The Morgan fingerprint density at radius 2 is 0.981 bits per heavy atom. The minimum absolute atomic E-state index is 0.0160. The fraction of sp³-hybridized carbons (Fsp3) is 0.257. The zero-order valence-electron chi connectivity index (χ0n) is 58.8. The summed E-state index contributed by atoms with van der Waals surface area (Å²) in [6, 6.07) is 39.8. The van der Waals surface area contributed by atoms with Gasteiger partial charge in [0.05, 0.1) is 91.0 Å². The van der Waals surface area contributed by atoms with Crippen molar-refractivity contribution in [3.8, 4) is 0 Å². The molecule has 1 atom stereocenters. The number of halogens is 1. The number of fused-ring (bicyclic) bond motifs is 1. The number of hydrogen-bond acceptors (Lipinski definition) is 19. The van der Waals surface area contributed by atoms with Gasteiger partial charge in [0.15, 0.2) is 11.4 Å². The van der Waals surface area contributed by atoms with Crippen molar-refractivity contribution in [1.82, 2.24) is 78.0 Å². The number of amides is 2. The van der Waals surface area contributed by atoms with Crippen molar-refractivity contribution in [2.24, 2.45) is 9.98 Å². The van der Waals surface area contributed by atoms with Crippen LogP contribution in [0.25, 0.3) is 0 Å². The van der Waals surface area contributed by atoms with E-state index in [0.29, 0.717) is 94.3 Å². The number of carbonyl (C=O) groups excluding carboxylic acids is 2. The van der Waals surface area contributed by atoms with Gasteiger partial charge in [-0.1, -0.05) is 161 Å². The molecule has 0 saturated heterocycles. The number of nitrogen functional groups attached to an aromatic ring is 3. The second kappa shape index (κ2) is 35.7. The van der Waals surface area contributed by atoms with Gasteiger partial charge in [0.25, 0.3) is 28.5 Å². The average Bonchev–Trinajstić information content (AvgIpc) is 1.59. The summed E-state index contributed by atoms with van der Waals surface area (Å²) in [5.74, 6) is -0.625. The average molecular weight is 1460 g/mol. The minimum Gasteiger partial charge on any atom is -0.478 e. The van der Waals surface area contributed by atoms with E-state index in [1.54, 1.807) is 43.7 Å². The molecule has 10 heterocycles. The molecule has 1 unspecified atom stereocenters. The molecule has 11 N–H and O–H groups in total. The topological polar surface area (TPSA) is 417 Å². The van der Waals surface area contributed by atoms with Crippen molar-refractivity contribution >= 4 is 69.6 Å². The maximum atomic E-state index is 12.7. The first-order valence-electron chi connectivity index (χ1n) is 34.2. The van der Waals surface area contributed by atoms with Gasteiger partial charge in [-0.2, -0.15) is 20.4 Å². The lowest BCUT2D eigenvalue weighted by atomic mass is 10.1. The second-order valence-electron chi connectivity index (χ2n) is 24.6. The Balaban J connectivity index is 0.000000145. The van der Waals surface area contributed by atoms with E-state index in [1.165, 1.54) is 29.7 Å². The van der Waals surface area contributed by atoms with Crippen LogP contribution in [-0.2, 0) is 57.0 Å². The zero-order valence-corrected chi connectivity index (χ0v) is 59.5. The Morgan fingerprint density at radius 1 is 0.538 bits per heavy atom. The van der Waals surface area contributed by atoms with Crippen molar-refractivity contribution in [1.29, 1.82) is 0 Å². The lowest BCUT2D eigenvalue weighted by molar-refractivity contribution is -0.129. The van der Waals surface area contributed by atoms with Crippen molar-refractivity contribution in [2.45, 2.75) is 118 Å². The predicted octanol–water partition coefficient (Wildman–Crippen LogP) is 7.04. The van der Waals surface area contributed by atoms with Crippen LogP contribution in [0.15, 0.2) is 223 Å². The molecule has 0 spiro atoms. The number of benzene rings is 4. The van der Waals surface area contributed by atoms with Crippen LogP contribution in [0.2, 0.25) is 0 Å². The first kappa shape index (κ1) is 75.6. The predicted molar refractivity (Wildman–Crippen MR) is 404 cm³/mol. The van der Waals surface area contributed by atoms with Crippen LogP contribution in [0.3, 0.4) is 0 Å². The maximum Gasteiger partial charge on any atom is 0.338 e. The van der Waals surface area contributed by atoms with Gasteiger partial charge in [0.1, 0.15) is 28.8 Å². The molecule has 0 saturated carbocycles. The Kier molecular flexibility index (Phi) is 25.5. The highest BCUT2D eigenvalue weighted by Crippen LogP contribution is 2.30. The first-order valence-corrected chi connectivity index (χ1v) is 34.7. The van der Waals surface area contributed by atoms with Crippen molar-refractivity contribution in [3.05, 3.63) is 291 Å². The summed E-state index contributed by atoms with van der Waals surface area (Å²) in [5.41, 5.74) is 23.2. The number of aromatic nitrogens is 14. The fourth-order valence-corrected chi connectivity index (χ4v) is 11.6. The molecule has 2 amide bonds. The monoisotopic (exact) mass is 1460 g/mol. The number of carboxylic acids is 1. The first-order chi connectivity index (χ1) is 51.2. The highest BCUT2D eigenvalue weighted by molar-refractivity contribution is 6.23. The summed E-state index contributed by atoms with van der Waals surface area (Å²) in [7, 11) is 0. The SMILES string of the molecule is CCCN1C(=O)C2=C(N=C(c3cnn(Cc4ccccc4)c3)C2)NC1Cl.CCCn1c(=O)[nH]c(N)c(N)c1=O.CCCn1c(=O)[nH]c(N)c(NC(=O)c2cnn(Cc3ccccc3)c2)c1=O.CCCn1cnc2c(c1=O)CC(c1cnn(Cc3ccccc3)c1)=N2.O=C(O)c1cnn(Cc2ccccc2)c1. The molecular formula is C74H81ClN22O9. The fourth-order valence-electron chi connectivity index (χ4n) is 11.3.